The van der Waals surface area contributed by atoms with Crippen LogP contribution in [0.15, 0.2) is 54.6 Å². The second-order valence-corrected chi connectivity index (χ2v) is 13.1. The van der Waals surface area contributed by atoms with E-state index < -0.39 is 46.8 Å². The lowest BCUT2D eigenvalue weighted by Gasteiger charge is -2.40. The molecule has 1 aliphatic carbocycles. The number of alkyl halides is 3. The Morgan fingerprint density at radius 3 is 2.31 bits per heavy atom. The molecule has 2 aromatic carbocycles. The molecule has 0 saturated heterocycles. The summed E-state index contributed by atoms with van der Waals surface area (Å²) < 4.78 is 56.3. The predicted molar refractivity (Wildman–Crippen MR) is 150 cm³/mol. The van der Waals surface area contributed by atoms with Crippen molar-refractivity contribution < 1.29 is 27.4 Å². The lowest BCUT2D eigenvalue weighted by atomic mass is 9.78. The van der Waals surface area contributed by atoms with E-state index in [1.807, 2.05) is 36.4 Å². The topological polar surface area (TPSA) is 87.6 Å². The number of carbonyl (C=O) groups is 1. The van der Waals surface area contributed by atoms with E-state index in [1.54, 1.807) is 51.2 Å². The number of benzene rings is 2. The van der Waals surface area contributed by atoms with Gasteiger partial charge in [0, 0.05) is 21.2 Å². The highest BCUT2D eigenvalue weighted by Gasteiger charge is 2.66. The van der Waals surface area contributed by atoms with Crippen LogP contribution in [0.4, 0.5) is 13.2 Å². The van der Waals surface area contributed by atoms with E-state index in [1.165, 1.54) is 0 Å². The van der Waals surface area contributed by atoms with Gasteiger partial charge in [0.2, 0.25) is 0 Å². The van der Waals surface area contributed by atoms with Crippen LogP contribution in [0, 0.1) is 10.8 Å². The second kappa shape index (κ2) is 10.4. The van der Waals surface area contributed by atoms with Crippen LogP contribution in [-0.4, -0.2) is 35.9 Å². The minimum atomic E-state index is -4.67. The summed E-state index contributed by atoms with van der Waals surface area (Å²) in [7, 11) is 0. The molecular formula is C30H37F3N2O3S. The molecule has 4 rings (SSSR count). The van der Waals surface area contributed by atoms with Gasteiger partial charge in [-0.2, -0.15) is 13.2 Å². The Bertz CT molecular complexity index is 1320. The molecule has 1 saturated carbocycles. The Kier molecular flexibility index (Phi) is 7.84. The largest absolute Gasteiger partial charge is 0.489 e. The molecule has 1 aliphatic rings. The zero-order valence-electron chi connectivity index (χ0n) is 23.0. The quantitative estimate of drug-likeness (QED) is 0.287. The number of hydrogen-bond donors (Lipinski definition) is 2. The minimum Gasteiger partial charge on any atom is -0.489 e. The molecule has 0 radical (unpaired) electrons. The Hall–Kier alpha value is -2.62. The van der Waals surface area contributed by atoms with Gasteiger partial charge in [0.05, 0.1) is 5.41 Å². The monoisotopic (exact) mass is 562 g/mol. The van der Waals surface area contributed by atoms with Crippen molar-refractivity contribution in [3.05, 3.63) is 54.6 Å². The number of halogens is 3. The Balaban J connectivity index is 1.55. The molecule has 1 aromatic heterocycles. The molecule has 0 aliphatic heterocycles. The van der Waals surface area contributed by atoms with Crippen molar-refractivity contribution in [3.8, 4) is 16.2 Å². The molecule has 4 atom stereocenters. The number of thiophene rings is 1. The molecule has 3 aromatic rings. The van der Waals surface area contributed by atoms with Crippen molar-refractivity contribution in [2.24, 2.45) is 22.3 Å². The van der Waals surface area contributed by atoms with Crippen LogP contribution in [0.3, 0.4) is 0 Å². The average Bonchev–Trinajstić information content (AvgIpc) is 3.40. The molecular weight excluding hydrogens is 525 g/mol. The maximum atomic E-state index is 14.6. The number of nitrogens with two attached hydrogens (primary N) is 2. The van der Waals surface area contributed by atoms with Gasteiger partial charge in [0.25, 0.3) is 0 Å². The normalized spacial score (nSPS) is 23.1. The summed E-state index contributed by atoms with van der Waals surface area (Å²) >= 11 is 1.55. The summed E-state index contributed by atoms with van der Waals surface area (Å²) in [5, 5.41) is 0.988. The summed E-state index contributed by atoms with van der Waals surface area (Å²) in [6.07, 6.45) is -6.87. The molecule has 1 fully saturated rings. The third-order valence-corrected chi connectivity index (χ3v) is 9.06. The lowest BCUT2D eigenvalue weighted by Crippen LogP contribution is -2.54. The fourth-order valence-electron chi connectivity index (χ4n) is 5.09. The van der Waals surface area contributed by atoms with Crippen LogP contribution in [0.1, 0.15) is 53.9 Å². The molecule has 0 bridgehead atoms. The van der Waals surface area contributed by atoms with E-state index in [-0.39, 0.29) is 12.8 Å². The van der Waals surface area contributed by atoms with E-state index in [2.05, 4.69) is 6.07 Å². The molecule has 0 amide bonds. The van der Waals surface area contributed by atoms with Gasteiger partial charge in [0.15, 0.2) is 0 Å². The zero-order valence-corrected chi connectivity index (χ0v) is 23.8. The van der Waals surface area contributed by atoms with Gasteiger partial charge in [0.1, 0.15) is 23.4 Å². The van der Waals surface area contributed by atoms with Gasteiger partial charge in [-0.15, -0.1) is 11.3 Å². The highest BCUT2D eigenvalue weighted by atomic mass is 32.1. The summed E-state index contributed by atoms with van der Waals surface area (Å²) in [5.41, 5.74) is 9.13. The van der Waals surface area contributed by atoms with Gasteiger partial charge in [-0.25, -0.2) is 0 Å². The van der Waals surface area contributed by atoms with Gasteiger partial charge < -0.3 is 20.9 Å². The van der Waals surface area contributed by atoms with E-state index in [0.29, 0.717) is 12.2 Å². The maximum Gasteiger partial charge on any atom is 0.401 e. The van der Waals surface area contributed by atoms with Crippen LogP contribution in [0.5, 0.6) is 5.75 Å². The lowest BCUT2D eigenvalue weighted by molar-refractivity contribution is -0.265. The standard InChI is InChI=1S/C30H37F3N2O3S/c1-27(2,35)17-23(34)28(3,4)26(36)38-25-14-13-24(29(25,5)30(31,32)33)37-20-12-11-19-15-21(39-22(19)16-20)18-9-7-6-8-10-18/h6-12,15-16,23-25H,13-14,17,34-35H2,1-5H3. The third kappa shape index (κ3) is 5.95. The van der Waals surface area contributed by atoms with Crippen LogP contribution in [-0.2, 0) is 9.53 Å². The fraction of sp³-hybridized carbons (Fsp3) is 0.500. The average molecular weight is 563 g/mol. The zero-order chi connectivity index (χ0) is 28.8. The van der Waals surface area contributed by atoms with Gasteiger partial charge in [-0.3, -0.25) is 4.79 Å². The number of rotatable bonds is 8. The van der Waals surface area contributed by atoms with Gasteiger partial charge in [-0.05, 0) is 89.1 Å². The van der Waals surface area contributed by atoms with Crippen molar-refractivity contribution >= 4 is 27.4 Å². The summed E-state index contributed by atoms with van der Waals surface area (Å²) in [6, 6.07) is 16.6. The molecule has 212 valence electrons. The van der Waals surface area contributed by atoms with Crippen molar-refractivity contribution in [1.82, 2.24) is 0 Å². The van der Waals surface area contributed by atoms with E-state index in [4.69, 9.17) is 20.9 Å². The molecule has 4 N–H and O–H groups in total. The SMILES string of the molecule is CC(C)(N)CC(N)C(C)(C)C(=O)OC1CCC(Oc2ccc3cc(-c4ccccc4)sc3c2)C1(C)C(F)(F)F. The van der Waals surface area contributed by atoms with Gasteiger partial charge in [-0.1, -0.05) is 30.3 Å². The van der Waals surface area contributed by atoms with Crippen LogP contribution in [0.25, 0.3) is 20.5 Å². The molecule has 39 heavy (non-hydrogen) atoms. The first-order chi connectivity index (χ1) is 18.0. The first-order valence-electron chi connectivity index (χ1n) is 13.1. The molecule has 5 nitrogen and oxygen atoms in total. The third-order valence-electron chi connectivity index (χ3n) is 7.92. The summed E-state index contributed by atoms with van der Waals surface area (Å²) in [5.74, 6) is -0.419. The van der Waals surface area contributed by atoms with Crippen molar-refractivity contribution in [2.45, 2.75) is 83.8 Å². The number of hydrogen-bond acceptors (Lipinski definition) is 6. The Morgan fingerprint density at radius 2 is 1.69 bits per heavy atom. The van der Waals surface area contributed by atoms with E-state index in [0.717, 1.165) is 27.5 Å². The van der Waals surface area contributed by atoms with Gasteiger partial charge >= 0.3 is 12.1 Å². The second-order valence-electron chi connectivity index (χ2n) is 12.1. The molecule has 9 heteroatoms. The number of fused-ring (bicyclic) bond motifs is 1. The fourth-order valence-corrected chi connectivity index (χ4v) is 6.18. The number of carbonyl (C=O) groups excluding carboxylic acids is 1. The maximum absolute atomic E-state index is 14.6. The molecule has 0 spiro atoms. The van der Waals surface area contributed by atoms with Crippen LogP contribution in [0.2, 0.25) is 0 Å². The van der Waals surface area contributed by atoms with Crippen molar-refractivity contribution in [1.29, 1.82) is 0 Å². The summed E-state index contributed by atoms with van der Waals surface area (Å²) in [6.45, 7) is 7.81. The first kappa shape index (κ1) is 29.4. The molecule has 4 unspecified atom stereocenters. The highest BCUT2D eigenvalue weighted by molar-refractivity contribution is 7.22. The number of ether oxygens (including phenoxy) is 2. The highest BCUT2D eigenvalue weighted by Crippen LogP contribution is 2.53. The number of esters is 1. The summed E-state index contributed by atoms with van der Waals surface area (Å²) in [4.78, 5) is 14.2. The predicted octanol–water partition coefficient (Wildman–Crippen LogP) is 7.07. The first-order valence-corrected chi connectivity index (χ1v) is 13.9. The minimum absolute atomic E-state index is 0.0273. The smallest absolute Gasteiger partial charge is 0.401 e. The van der Waals surface area contributed by atoms with Crippen LogP contribution >= 0.6 is 11.3 Å². The Labute approximate surface area is 231 Å². The van der Waals surface area contributed by atoms with Crippen molar-refractivity contribution in [3.63, 3.8) is 0 Å². The van der Waals surface area contributed by atoms with E-state index in [9.17, 15) is 18.0 Å². The molecule has 1 heterocycles. The van der Waals surface area contributed by atoms with Crippen LogP contribution < -0.4 is 16.2 Å². The van der Waals surface area contributed by atoms with Crippen molar-refractivity contribution in [2.75, 3.05) is 0 Å². The Morgan fingerprint density at radius 1 is 1.05 bits per heavy atom. The van der Waals surface area contributed by atoms with E-state index >= 15 is 0 Å².